The van der Waals surface area contributed by atoms with Crippen molar-refractivity contribution in [3.8, 4) is 0 Å². The van der Waals surface area contributed by atoms with Crippen LogP contribution in [0.25, 0.3) is 0 Å². The second-order valence-corrected chi connectivity index (χ2v) is 6.97. The van der Waals surface area contributed by atoms with Crippen molar-refractivity contribution in [1.29, 1.82) is 0 Å². The number of benzene rings is 2. The van der Waals surface area contributed by atoms with Crippen LogP contribution < -0.4 is 0 Å². The Kier molecular flexibility index (Phi) is 6.67. The van der Waals surface area contributed by atoms with Crippen LogP contribution in [-0.4, -0.2) is 35.7 Å². The van der Waals surface area contributed by atoms with E-state index in [1.54, 1.807) is 4.90 Å². The van der Waals surface area contributed by atoms with Gasteiger partial charge in [-0.3, -0.25) is 4.79 Å². The van der Waals surface area contributed by atoms with Crippen molar-refractivity contribution in [3.05, 3.63) is 70.2 Å². The van der Waals surface area contributed by atoms with E-state index in [-0.39, 0.29) is 18.6 Å². The summed E-state index contributed by atoms with van der Waals surface area (Å²) in [6, 6.07) is 15.7. The van der Waals surface area contributed by atoms with Crippen LogP contribution in [0.4, 0.5) is 0 Å². The summed E-state index contributed by atoms with van der Waals surface area (Å²) in [6.07, 6.45) is 1.54. The van der Waals surface area contributed by atoms with Crippen molar-refractivity contribution in [2.75, 3.05) is 19.8 Å². The molecule has 1 N–H and O–H groups in total. The van der Waals surface area contributed by atoms with Gasteiger partial charge in [0.15, 0.2) is 0 Å². The average molecular weight is 374 g/mol. The Morgan fingerprint density at radius 1 is 1.23 bits per heavy atom. The lowest BCUT2D eigenvalue weighted by molar-refractivity contribution is -0.135. The van der Waals surface area contributed by atoms with Crippen molar-refractivity contribution in [2.24, 2.45) is 0 Å². The number of ether oxygens (including phenoxy) is 1. The summed E-state index contributed by atoms with van der Waals surface area (Å²) in [5.41, 5.74) is 3.35. The summed E-state index contributed by atoms with van der Waals surface area (Å²) in [7, 11) is 0. The van der Waals surface area contributed by atoms with Gasteiger partial charge in [0.2, 0.25) is 5.91 Å². The van der Waals surface area contributed by atoms with E-state index in [4.69, 9.17) is 16.3 Å². The maximum atomic E-state index is 12.9. The van der Waals surface area contributed by atoms with Gasteiger partial charge in [0.25, 0.3) is 0 Å². The number of halogens is 1. The number of amides is 1. The molecule has 0 aliphatic carbocycles. The maximum Gasteiger partial charge on any atom is 0.225 e. The number of fused-ring (bicyclic) bond motifs is 1. The molecule has 138 valence electrons. The minimum atomic E-state index is -0.205. The van der Waals surface area contributed by atoms with Crippen LogP contribution in [0.1, 0.15) is 35.6 Å². The van der Waals surface area contributed by atoms with Gasteiger partial charge in [-0.1, -0.05) is 48.0 Å². The van der Waals surface area contributed by atoms with Gasteiger partial charge in [-0.25, -0.2) is 0 Å². The Balaban J connectivity index is 1.71. The Labute approximate surface area is 159 Å². The summed E-state index contributed by atoms with van der Waals surface area (Å²) >= 11 is 6.06. The molecule has 1 amide bonds. The fraction of sp³-hybridized carbons (Fsp3) is 0.381. The summed E-state index contributed by atoms with van der Waals surface area (Å²) in [5.74, 6) is 0.0279. The monoisotopic (exact) mass is 373 g/mol. The zero-order chi connectivity index (χ0) is 18.4. The normalized spacial score (nSPS) is 16.2. The molecule has 0 fully saturated rings. The average Bonchev–Trinajstić information content (AvgIpc) is 2.65. The van der Waals surface area contributed by atoms with E-state index in [2.05, 4.69) is 6.07 Å². The minimum absolute atomic E-state index is 0.0279. The minimum Gasteiger partial charge on any atom is -0.396 e. The molecule has 4 nitrogen and oxygen atoms in total. The molecule has 0 saturated heterocycles. The summed E-state index contributed by atoms with van der Waals surface area (Å²) in [6.45, 7) is 1.69. The summed E-state index contributed by atoms with van der Waals surface area (Å²) < 4.78 is 5.88. The number of rotatable bonds is 7. The fourth-order valence-corrected chi connectivity index (χ4v) is 3.56. The zero-order valence-corrected chi connectivity index (χ0v) is 15.5. The first kappa shape index (κ1) is 18.9. The number of hydrogen-bond acceptors (Lipinski definition) is 3. The molecule has 0 aromatic heterocycles. The number of aliphatic hydroxyl groups excluding tert-OH is 1. The highest BCUT2D eigenvalue weighted by molar-refractivity contribution is 6.30. The first-order valence-electron chi connectivity index (χ1n) is 9.00. The molecule has 1 heterocycles. The van der Waals surface area contributed by atoms with Crippen molar-refractivity contribution < 1.29 is 14.6 Å². The predicted molar refractivity (Wildman–Crippen MR) is 102 cm³/mol. The van der Waals surface area contributed by atoms with E-state index < -0.39 is 0 Å². The molecule has 2 aromatic rings. The third kappa shape index (κ3) is 4.85. The molecule has 3 rings (SSSR count). The number of hydrogen-bond donors (Lipinski definition) is 1. The lowest BCUT2D eigenvalue weighted by atomic mass is 9.95. The predicted octanol–water partition coefficient (Wildman–Crippen LogP) is 3.76. The lowest BCUT2D eigenvalue weighted by Crippen LogP contribution is -2.34. The summed E-state index contributed by atoms with van der Waals surface area (Å²) in [5, 5.41) is 9.83. The van der Waals surface area contributed by atoms with Gasteiger partial charge in [-0.15, -0.1) is 0 Å². The molecule has 2 aromatic carbocycles. The first-order chi connectivity index (χ1) is 12.7. The van der Waals surface area contributed by atoms with Crippen molar-refractivity contribution in [3.63, 3.8) is 0 Å². The molecule has 0 radical (unpaired) electrons. The number of nitrogens with zero attached hydrogens (tertiary/aromatic N) is 1. The third-order valence-corrected chi connectivity index (χ3v) is 4.89. The molecule has 1 aliphatic heterocycles. The molecular formula is C21H24ClNO3. The van der Waals surface area contributed by atoms with Gasteiger partial charge in [0.1, 0.15) is 0 Å². The highest BCUT2D eigenvalue weighted by Gasteiger charge is 2.25. The largest absolute Gasteiger partial charge is 0.396 e. The van der Waals surface area contributed by atoms with Gasteiger partial charge in [-0.05, 0) is 41.7 Å². The van der Waals surface area contributed by atoms with Crippen LogP contribution in [0.5, 0.6) is 0 Å². The molecule has 5 heteroatoms. The smallest absolute Gasteiger partial charge is 0.225 e. The number of carbonyl (C=O) groups is 1. The van der Waals surface area contributed by atoms with Crippen LogP contribution in [0.15, 0.2) is 48.5 Å². The Morgan fingerprint density at radius 3 is 2.88 bits per heavy atom. The SMILES string of the molecule is O=C(CC1OCCc2ccccc21)N(CCCO)Cc1cccc(Cl)c1. The van der Waals surface area contributed by atoms with Crippen LogP contribution in [0, 0.1) is 0 Å². The van der Waals surface area contributed by atoms with Crippen molar-refractivity contribution in [2.45, 2.75) is 31.9 Å². The maximum absolute atomic E-state index is 12.9. The molecular weight excluding hydrogens is 350 g/mol. The molecule has 26 heavy (non-hydrogen) atoms. The molecule has 0 spiro atoms. The lowest BCUT2D eigenvalue weighted by Gasteiger charge is -2.29. The molecule has 0 saturated carbocycles. The van der Waals surface area contributed by atoms with Gasteiger partial charge in [0, 0.05) is 24.7 Å². The van der Waals surface area contributed by atoms with Crippen LogP contribution >= 0.6 is 11.6 Å². The fourth-order valence-electron chi connectivity index (χ4n) is 3.34. The second-order valence-electron chi connectivity index (χ2n) is 6.53. The Hall–Kier alpha value is -1.88. The van der Waals surface area contributed by atoms with E-state index >= 15 is 0 Å². The van der Waals surface area contributed by atoms with Crippen molar-refractivity contribution in [1.82, 2.24) is 4.90 Å². The van der Waals surface area contributed by atoms with Crippen LogP contribution in [0.2, 0.25) is 5.02 Å². The standard InChI is InChI=1S/C21H24ClNO3/c22-18-7-3-5-16(13-18)15-23(10-4-11-24)21(25)14-20-19-8-2-1-6-17(19)9-12-26-20/h1-3,5-8,13,20,24H,4,9-12,14-15H2. The Morgan fingerprint density at radius 2 is 2.08 bits per heavy atom. The third-order valence-electron chi connectivity index (χ3n) is 4.65. The van der Waals surface area contributed by atoms with Gasteiger partial charge < -0.3 is 14.7 Å². The summed E-state index contributed by atoms with van der Waals surface area (Å²) in [4.78, 5) is 14.7. The van der Waals surface area contributed by atoms with E-state index in [1.807, 2.05) is 42.5 Å². The van der Waals surface area contributed by atoms with Crippen LogP contribution in [0.3, 0.4) is 0 Å². The molecule has 1 atom stereocenters. The number of carbonyl (C=O) groups excluding carboxylic acids is 1. The van der Waals surface area contributed by atoms with E-state index in [0.29, 0.717) is 37.6 Å². The van der Waals surface area contributed by atoms with Crippen LogP contribution in [-0.2, 0) is 22.5 Å². The molecule has 1 unspecified atom stereocenters. The Bertz CT molecular complexity index is 750. The molecule has 0 bridgehead atoms. The molecule has 1 aliphatic rings. The van der Waals surface area contributed by atoms with Gasteiger partial charge in [0.05, 0.1) is 19.1 Å². The quantitative estimate of drug-likeness (QED) is 0.804. The number of aliphatic hydroxyl groups is 1. The van der Waals surface area contributed by atoms with Gasteiger partial charge >= 0.3 is 0 Å². The van der Waals surface area contributed by atoms with E-state index in [9.17, 15) is 9.90 Å². The van der Waals surface area contributed by atoms with E-state index in [0.717, 1.165) is 17.5 Å². The topological polar surface area (TPSA) is 49.8 Å². The highest BCUT2D eigenvalue weighted by Crippen LogP contribution is 2.30. The van der Waals surface area contributed by atoms with Gasteiger partial charge in [-0.2, -0.15) is 0 Å². The van der Waals surface area contributed by atoms with Crippen molar-refractivity contribution >= 4 is 17.5 Å². The first-order valence-corrected chi connectivity index (χ1v) is 9.37. The second kappa shape index (κ2) is 9.17. The van der Waals surface area contributed by atoms with E-state index in [1.165, 1.54) is 5.56 Å². The highest BCUT2D eigenvalue weighted by atomic mass is 35.5. The zero-order valence-electron chi connectivity index (χ0n) is 14.7.